The summed E-state index contributed by atoms with van der Waals surface area (Å²) in [6.45, 7) is 0.809. The molecule has 0 saturated carbocycles. The van der Waals surface area contributed by atoms with E-state index in [0.29, 0.717) is 12.2 Å². The van der Waals surface area contributed by atoms with Crippen molar-refractivity contribution in [1.29, 1.82) is 0 Å². The lowest BCUT2D eigenvalue weighted by molar-refractivity contribution is 0.110. The molecule has 0 spiro atoms. The first-order valence-corrected chi connectivity index (χ1v) is 6.43. The fourth-order valence-electron chi connectivity index (χ4n) is 2.29. The summed E-state index contributed by atoms with van der Waals surface area (Å²) in [6.07, 6.45) is 6.39. The van der Waals surface area contributed by atoms with E-state index in [4.69, 9.17) is 4.74 Å². The van der Waals surface area contributed by atoms with Crippen LogP contribution in [0.1, 0.15) is 18.5 Å². The first-order chi connectivity index (χ1) is 9.31. The maximum Gasteiger partial charge on any atom is 0.251 e. The lowest BCUT2D eigenvalue weighted by atomic mass is 10.1. The Balaban J connectivity index is 1.89. The molecule has 1 atom stereocenters. The van der Waals surface area contributed by atoms with Crippen LogP contribution in [0.2, 0.25) is 0 Å². The summed E-state index contributed by atoms with van der Waals surface area (Å²) in [5, 5.41) is 0. The number of hydrogen-bond donors (Lipinski definition) is 1. The highest BCUT2D eigenvalue weighted by atomic mass is 16.5. The van der Waals surface area contributed by atoms with Crippen molar-refractivity contribution in [3.63, 3.8) is 0 Å². The second-order valence-electron chi connectivity index (χ2n) is 4.67. The Labute approximate surface area is 110 Å². The van der Waals surface area contributed by atoms with E-state index in [1.165, 1.54) is 0 Å². The summed E-state index contributed by atoms with van der Waals surface area (Å²) >= 11 is 0. The molecule has 98 valence electrons. The van der Waals surface area contributed by atoms with Crippen LogP contribution >= 0.6 is 0 Å². The van der Waals surface area contributed by atoms with Gasteiger partial charge in [0.2, 0.25) is 0 Å². The van der Waals surface area contributed by atoms with Gasteiger partial charge in [-0.05, 0) is 25.0 Å². The monoisotopic (exact) mass is 257 g/mol. The van der Waals surface area contributed by atoms with Crippen molar-refractivity contribution in [2.75, 3.05) is 6.61 Å². The Morgan fingerprint density at radius 2 is 2.42 bits per heavy atom. The first kappa shape index (κ1) is 12.0. The van der Waals surface area contributed by atoms with Crippen LogP contribution in [0, 0.1) is 0 Å². The smallest absolute Gasteiger partial charge is 0.251 e. The SMILES string of the molecule is O=c1cc(CC2CCCO2)nc(-c2cccnc2)[nH]1. The van der Waals surface area contributed by atoms with Gasteiger partial charge < -0.3 is 9.72 Å². The summed E-state index contributed by atoms with van der Waals surface area (Å²) in [6, 6.07) is 5.24. The molecule has 0 aromatic carbocycles. The number of hydrogen-bond acceptors (Lipinski definition) is 4. The maximum absolute atomic E-state index is 11.7. The molecular weight excluding hydrogens is 242 g/mol. The quantitative estimate of drug-likeness (QED) is 0.906. The molecule has 5 heteroatoms. The van der Waals surface area contributed by atoms with E-state index in [0.717, 1.165) is 30.7 Å². The molecule has 0 amide bonds. The molecule has 3 rings (SSSR count). The normalized spacial score (nSPS) is 18.6. The van der Waals surface area contributed by atoms with Crippen molar-refractivity contribution in [2.24, 2.45) is 0 Å². The van der Waals surface area contributed by atoms with Crippen LogP contribution in [-0.2, 0) is 11.2 Å². The van der Waals surface area contributed by atoms with E-state index in [2.05, 4.69) is 15.0 Å². The minimum Gasteiger partial charge on any atom is -0.378 e. The molecule has 1 fully saturated rings. The zero-order valence-electron chi connectivity index (χ0n) is 10.5. The van der Waals surface area contributed by atoms with Crippen molar-refractivity contribution in [3.05, 3.63) is 46.6 Å². The molecule has 1 aliphatic heterocycles. The molecule has 5 nitrogen and oxygen atoms in total. The lowest BCUT2D eigenvalue weighted by Gasteiger charge is -2.09. The fraction of sp³-hybridized carbons (Fsp3) is 0.357. The Kier molecular flexibility index (Phi) is 3.37. The second kappa shape index (κ2) is 5.32. The van der Waals surface area contributed by atoms with Gasteiger partial charge in [0, 0.05) is 37.1 Å². The molecule has 0 radical (unpaired) electrons. The van der Waals surface area contributed by atoms with Crippen LogP contribution < -0.4 is 5.56 Å². The van der Waals surface area contributed by atoms with Gasteiger partial charge in [0.25, 0.3) is 5.56 Å². The molecule has 1 aliphatic rings. The number of H-pyrrole nitrogens is 1. The van der Waals surface area contributed by atoms with Crippen LogP contribution in [0.25, 0.3) is 11.4 Å². The Hall–Kier alpha value is -2.01. The van der Waals surface area contributed by atoms with Gasteiger partial charge >= 0.3 is 0 Å². The first-order valence-electron chi connectivity index (χ1n) is 6.43. The third-order valence-electron chi connectivity index (χ3n) is 3.19. The van der Waals surface area contributed by atoms with Crippen molar-refractivity contribution >= 4 is 0 Å². The van der Waals surface area contributed by atoms with E-state index in [9.17, 15) is 4.79 Å². The van der Waals surface area contributed by atoms with Gasteiger partial charge in [0.15, 0.2) is 0 Å². The summed E-state index contributed by atoms with van der Waals surface area (Å²) in [5.74, 6) is 0.564. The molecule has 19 heavy (non-hydrogen) atoms. The topological polar surface area (TPSA) is 67.9 Å². The van der Waals surface area contributed by atoms with Crippen LogP contribution in [0.15, 0.2) is 35.4 Å². The second-order valence-corrected chi connectivity index (χ2v) is 4.67. The molecule has 2 aromatic heterocycles. The largest absolute Gasteiger partial charge is 0.378 e. The minimum atomic E-state index is -0.137. The average molecular weight is 257 g/mol. The van der Waals surface area contributed by atoms with Gasteiger partial charge in [-0.15, -0.1) is 0 Å². The molecule has 1 N–H and O–H groups in total. The van der Waals surface area contributed by atoms with E-state index < -0.39 is 0 Å². The highest BCUT2D eigenvalue weighted by Gasteiger charge is 2.17. The number of pyridine rings is 1. The summed E-state index contributed by atoms with van der Waals surface area (Å²) in [5.41, 5.74) is 1.45. The Morgan fingerprint density at radius 1 is 1.47 bits per heavy atom. The lowest BCUT2D eigenvalue weighted by Crippen LogP contribution is -2.15. The fourth-order valence-corrected chi connectivity index (χ4v) is 2.29. The van der Waals surface area contributed by atoms with Gasteiger partial charge in [-0.2, -0.15) is 0 Å². The highest BCUT2D eigenvalue weighted by Crippen LogP contribution is 2.17. The predicted octanol–water partition coefficient (Wildman–Crippen LogP) is 1.55. The van der Waals surface area contributed by atoms with Crippen LogP contribution in [0.5, 0.6) is 0 Å². The van der Waals surface area contributed by atoms with E-state index in [1.807, 2.05) is 12.1 Å². The van der Waals surface area contributed by atoms with Crippen molar-refractivity contribution in [2.45, 2.75) is 25.4 Å². The van der Waals surface area contributed by atoms with E-state index >= 15 is 0 Å². The van der Waals surface area contributed by atoms with Gasteiger partial charge in [-0.1, -0.05) is 0 Å². The molecule has 0 aliphatic carbocycles. The molecule has 1 unspecified atom stereocenters. The number of aromatic amines is 1. The minimum absolute atomic E-state index is 0.137. The zero-order valence-corrected chi connectivity index (χ0v) is 10.5. The molecular formula is C14H15N3O2. The van der Waals surface area contributed by atoms with Crippen LogP contribution in [0.4, 0.5) is 0 Å². The number of rotatable bonds is 3. The van der Waals surface area contributed by atoms with E-state index in [-0.39, 0.29) is 11.7 Å². The van der Waals surface area contributed by atoms with Crippen molar-refractivity contribution in [1.82, 2.24) is 15.0 Å². The summed E-state index contributed by atoms with van der Waals surface area (Å²) in [4.78, 5) is 23.0. The predicted molar refractivity (Wildman–Crippen MR) is 70.8 cm³/mol. The molecule has 3 heterocycles. The molecule has 2 aromatic rings. The van der Waals surface area contributed by atoms with Crippen molar-refractivity contribution in [3.8, 4) is 11.4 Å². The van der Waals surface area contributed by atoms with Crippen molar-refractivity contribution < 1.29 is 4.74 Å². The Morgan fingerprint density at radius 3 is 3.16 bits per heavy atom. The van der Waals surface area contributed by atoms with Gasteiger partial charge in [-0.3, -0.25) is 9.78 Å². The maximum atomic E-state index is 11.7. The number of aromatic nitrogens is 3. The number of ether oxygens (including phenoxy) is 1. The van der Waals surface area contributed by atoms with Gasteiger partial charge in [-0.25, -0.2) is 4.98 Å². The Bertz CT molecular complexity index is 604. The zero-order chi connectivity index (χ0) is 13.1. The molecule has 1 saturated heterocycles. The third-order valence-corrected chi connectivity index (χ3v) is 3.19. The standard InChI is InChI=1S/C14H15N3O2/c18-13-8-11(7-12-4-2-6-19-12)16-14(17-13)10-3-1-5-15-9-10/h1,3,5,8-9,12H,2,4,6-7H2,(H,16,17,18). The highest BCUT2D eigenvalue weighted by molar-refractivity contribution is 5.52. The number of nitrogens with one attached hydrogen (secondary N) is 1. The third kappa shape index (κ3) is 2.88. The van der Waals surface area contributed by atoms with Crippen LogP contribution in [0.3, 0.4) is 0 Å². The number of nitrogens with zero attached hydrogens (tertiary/aromatic N) is 2. The molecule has 0 bridgehead atoms. The van der Waals surface area contributed by atoms with E-state index in [1.54, 1.807) is 18.5 Å². The van der Waals surface area contributed by atoms with Gasteiger partial charge in [0.1, 0.15) is 5.82 Å². The summed E-state index contributed by atoms with van der Waals surface area (Å²) < 4.78 is 5.58. The summed E-state index contributed by atoms with van der Waals surface area (Å²) in [7, 11) is 0. The average Bonchev–Trinajstić information content (AvgIpc) is 2.92. The van der Waals surface area contributed by atoms with Crippen LogP contribution in [-0.4, -0.2) is 27.7 Å². The van der Waals surface area contributed by atoms with Gasteiger partial charge in [0.05, 0.1) is 11.8 Å².